The van der Waals surface area contributed by atoms with Crippen molar-refractivity contribution in [3.63, 3.8) is 0 Å². The highest BCUT2D eigenvalue weighted by atomic mass is 127. The Labute approximate surface area is 145 Å². The molecule has 0 bridgehead atoms. The first kappa shape index (κ1) is 17.3. The third-order valence-electron chi connectivity index (χ3n) is 3.11. The fourth-order valence-corrected chi connectivity index (χ4v) is 2.33. The van der Waals surface area contributed by atoms with E-state index in [1.165, 1.54) is 0 Å². The zero-order chi connectivity index (χ0) is 17.0. The quantitative estimate of drug-likeness (QED) is 0.598. The van der Waals surface area contributed by atoms with E-state index < -0.39 is 35.1 Å². The van der Waals surface area contributed by atoms with E-state index in [-0.39, 0.29) is 0 Å². The second kappa shape index (κ2) is 7.49. The molecular weight excluding hydrogens is 419 g/mol. The summed E-state index contributed by atoms with van der Waals surface area (Å²) in [7, 11) is 1.16. The van der Waals surface area contributed by atoms with Crippen LogP contribution in [0.15, 0.2) is 42.5 Å². The van der Waals surface area contributed by atoms with Gasteiger partial charge in [0.1, 0.15) is 17.2 Å². The smallest absolute Gasteiger partial charge is 0.333 e. The zero-order valence-corrected chi connectivity index (χ0v) is 14.1. The molecule has 0 aliphatic heterocycles. The summed E-state index contributed by atoms with van der Waals surface area (Å²) >= 11 is 2.09. The van der Waals surface area contributed by atoms with Crippen LogP contribution in [0, 0.1) is 15.2 Å². The lowest BCUT2D eigenvalue weighted by Crippen LogP contribution is -2.35. The van der Waals surface area contributed by atoms with E-state index in [1.54, 1.807) is 24.3 Å². The highest BCUT2D eigenvalue weighted by Gasteiger charge is 2.26. The molecule has 0 radical (unpaired) electrons. The monoisotopic (exact) mass is 431 g/mol. The number of ether oxygens (including phenoxy) is 1. The normalized spacial score (nSPS) is 11.7. The summed E-state index contributed by atoms with van der Waals surface area (Å²) in [5, 5.41) is 2.31. The van der Waals surface area contributed by atoms with E-state index in [0.717, 1.165) is 28.9 Å². The Hall–Kier alpha value is -2.03. The van der Waals surface area contributed by atoms with Gasteiger partial charge in [-0.05, 0) is 52.4 Å². The van der Waals surface area contributed by atoms with Crippen molar-refractivity contribution >= 4 is 34.5 Å². The fraction of sp³-hybridized carbons (Fsp3) is 0.125. The van der Waals surface area contributed by atoms with Crippen molar-refractivity contribution in [2.75, 3.05) is 7.11 Å². The lowest BCUT2D eigenvalue weighted by molar-refractivity contribution is -0.143. The molecule has 1 N–H and O–H groups in total. The summed E-state index contributed by atoms with van der Waals surface area (Å²) in [5.74, 6) is -3.78. The lowest BCUT2D eigenvalue weighted by Gasteiger charge is -2.17. The van der Waals surface area contributed by atoms with Gasteiger partial charge in [0, 0.05) is 3.57 Å². The molecule has 0 aliphatic carbocycles. The van der Waals surface area contributed by atoms with Gasteiger partial charge in [0.05, 0.1) is 7.11 Å². The van der Waals surface area contributed by atoms with Gasteiger partial charge in [0.2, 0.25) is 0 Å². The molecule has 2 aromatic rings. The molecule has 23 heavy (non-hydrogen) atoms. The Morgan fingerprint density at radius 1 is 1.09 bits per heavy atom. The van der Waals surface area contributed by atoms with Crippen LogP contribution in [0.3, 0.4) is 0 Å². The molecule has 1 unspecified atom stereocenters. The predicted octanol–water partition coefficient (Wildman–Crippen LogP) is 3.21. The number of esters is 1. The lowest BCUT2D eigenvalue weighted by atomic mass is 10.1. The van der Waals surface area contributed by atoms with Crippen molar-refractivity contribution in [3.05, 3.63) is 68.8 Å². The molecule has 0 aliphatic rings. The van der Waals surface area contributed by atoms with E-state index in [0.29, 0.717) is 5.56 Å². The summed E-state index contributed by atoms with van der Waals surface area (Å²) < 4.78 is 32.9. The average Bonchev–Trinajstić information content (AvgIpc) is 2.52. The van der Waals surface area contributed by atoms with E-state index >= 15 is 0 Å². The summed E-state index contributed by atoms with van der Waals surface area (Å²) in [4.78, 5) is 24.1. The molecule has 0 spiro atoms. The van der Waals surface area contributed by atoms with Crippen molar-refractivity contribution in [1.29, 1.82) is 0 Å². The van der Waals surface area contributed by atoms with Gasteiger partial charge in [-0.2, -0.15) is 0 Å². The summed E-state index contributed by atoms with van der Waals surface area (Å²) in [6.07, 6.45) is 0. The average molecular weight is 431 g/mol. The molecule has 2 rings (SSSR count). The third-order valence-corrected chi connectivity index (χ3v) is 3.82. The van der Waals surface area contributed by atoms with Gasteiger partial charge in [-0.15, -0.1) is 0 Å². The Kier molecular flexibility index (Phi) is 5.64. The largest absolute Gasteiger partial charge is 0.467 e. The number of benzene rings is 2. The van der Waals surface area contributed by atoms with Gasteiger partial charge in [-0.1, -0.05) is 18.2 Å². The first-order valence-corrected chi connectivity index (χ1v) is 7.60. The number of halogens is 3. The number of carbonyl (C=O) groups is 2. The predicted molar refractivity (Wildman–Crippen MR) is 87.7 cm³/mol. The highest BCUT2D eigenvalue weighted by molar-refractivity contribution is 14.1. The standard InChI is InChI=1S/C16H12F2INO3/c1-23-16(22)14(9-5-7-10(19)8-6-9)20-15(21)13-11(17)3-2-4-12(13)18/h2-8,14H,1H3,(H,20,21). The Bertz CT molecular complexity index is 714. The summed E-state index contributed by atoms with van der Waals surface area (Å²) in [6, 6.07) is 8.65. The first-order chi connectivity index (χ1) is 10.9. The SMILES string of the molecule is COC(=O)C(NC(=O)c1c(F)cccc1F)c1ccc(I)cc1. The number of amides is 1. The number of carbonyl (C=O) groups excluding carboxylic acids is 2. The van der Waals surface area contributed by atoms with Crippen molar-refractivity contribution in [1.82, 2.24) is 5.32 Å². The second-order valence-electron chi connectivity index (χ2n) is 4.58. The van der Waals surface area contributed by atoms with E-state index in [2.05, 4.69) is 32.6 Å². The van der Waals surface area contributed by atoms with E-state index in [4.69, 9.17) is 0 Å². The van der Waals surface area contributed by atoms with Gasteiger partial charge < -0.3 is 10.1 Å². The van der Waals surface area contributed by atoms with Gasteiger partial charge >= 0.3 is 5.97 Å². The zero-order valence-electron chi connectivity index (χ0n) is 12.0. The highest BCUT2D eigenvalue weighted by Crippen LogP contribution is 2.19. The Balaban J connectivity index is 2.33. The van der Waals surface area contributed by atoms with Crippen LogP contribution in [0.5, 0.6) is 0 Å². The number of nitrogens with one attached hydrogen (secondary N) is 1. The van der Waals surface area contributed by atoms with E-state index in [9.17, 15) is 18.4 Å². The fourth-order valence-electron chi connectivity index (χ4n) is 1.97. The number of rotatable bonds is 4. The minimum Gasteiger partial charge on any atom is -0.467 e. The van der Waals surface area contributed by atoms with Crippen molar-refractivity contribution < 1.29 is 23.1 Å². The molecule has 2 aromatic carbocycles. The van der Waals surface area contributed by atoms with Crippen LogP contribution in [0.4, 0.5) is 8.78 Å². The molecule has 0 fully saturated rings. The molecule has 120 valence electrons. The van der Waals surface area contributed by atoms with Crippen molar-refractivity contribution in [3.8, 4) is 0 Å². The van der Waals surface area contributed by atoms with Crippen LogP contribution < -0.4 is 5.32 Å². The number of hydrogen-bond acceptors (Lipinski definition) is 3. The van der Waals surface area contributed by atoms with Gasteiger partial charge in [0.15, 0.2) is 6.04 Å². The Morgan fingerprint density at radius 2 is 1.65 bits per heavy atom. The van der Waals surface area contributed by atoms with Crippen LogP contribution >= 0.6 is 22.6 Å². The number of hydrogen-bond donors (Lipinski definition) is 1. The summed E-state index contributed by atoms with van der Waals surface area (Å²) in [5.41, 5.74) is -0.297. The molecule has 0 saturated carbocycles. The molecule has 1 amide bonds. The molecule has 1 atom stereocenters. The van der Waals surface area contributed by atoms with Gasteiger partial charge in [-0.25, -0.2) is 13.6 Å². The first-order valence-electron chi connectivity index (χ1n) is 6.52. The molecule has 0 aromatic heterocycles. The van der Waals surface area contributed by atoms with Crippen LogP contribution in [0.1, 0.15) is 22.0 Å². The minimum atomic E-state index is -1.16. The van der Waals surface area contributed by atoms with Gasteiger partial charge in [-0.3, -0.25) is 4.79 Å². The van der Waals surface area contributed by atoms with Gasteiger partial charge in [0.25, 0.3) is 5.91 Å². The minimum absolute atomic E-state index is 0.447. The molecule has 7 heteroatoms. The Morgan fingerprint density at radius 3 is 2.17 bits per heavy atom. The van der Waals surface area contributed by atoms with Crippen LogP contribution in [-0.4, -0.2) is 19.0 Å². The van der Waals surface area contributed by atoms with Crippen molar-refractivity contribution in [2.45, 2.75) is 6.04 Å². The van der Waals surface area contributed by atoms with Crippen LogP contribution in [-0.2, 0) is 9.53 Å². The van der Waals surface area contributed by atoms with Crippen molar-refractivity contribution in [2.24, 2.45) is 0 Å². The molecular formula is C16H12F2INO3. The van der Waals surface area contributed by atoms with Crippen LogP contribution in [0.25, 0.3) is 0 Å². The number of methoxy groups -OCH3 is 1. The molecule has 0 heterocycles. The maximum atomic E-state index is 13.7. The maximum absolute atomic E-state index is 13.7. The topological polar surface area (TPSA) is 55.4 Å². The third kappa shape index (κ3) is 4.04. The summed E-state index contributed by atoms with van der Waals surface area (Å²) in [6.45, 7) is 0. The molecule has 4 nitrogen and oxygen atoms in total. The van der Waals surface area contributed by atoms with Crippen LogP contribution in [0.2, 0.25) is 0 Å². The van der Waals surface area contributed by atoms with E-state index in [1.807, 2.05) is 0 Å². The second-order valence-corrected chi connectivity index (χ2v) is 5.82. The maximum Gasteiger partial charge on any atom is 0.333 e. The molecule has 0 saturated heterocycles.